The molecule has 1 amide bonds. The van der Waals surface area contributed by atoms with E-state index >= 15 is 0 Å². The highest BCUT2D eigenvalue weighted by molar-refractivity contribution is 5.92. The molecule has 2 saturated heterocycles. The minimum absolute atomic E-state index is 0.0139. The van der Waals surface area contributed by atoms with Gasteiger partial charge in [0.2, 0.25) is 0 Å². The van der Waals surface area contributed by atoms with Crippen molar-refractivity contribution >= 4 is 34.4 Å². The molecule has 2 fully saturated rings. The molecule has 5 heterocycles. The molecule has 2 aliphatic rings. The molecular weight excluding hydrogens is 420 g/mol. The van der Waals surface area contributed by atoms with E-state index in [0.717, 1.165) is 35.4 Å². The van der Waals surface area contributed by atoms with Gasteiger partial charge < -0.3 is 20.2 Å². The number of rotatable bonds is 4. The van der Waals surface area contributed by atoms with E-state index in [1.807, 2.05) is 41.1 Å². The predicted octanol–water partition coefficient (Wildman–Crippen LogP) is 3.14. The first kappa shape index (κ1) is 19.5. The zero-order valence-electron chi connectivity index (χ0n) is 17.7. The molecule has 33 heavy (non-hydrogen) atoms. The fourth-order valence-electron chi connectivity index (χ4n) is 4.93. The van der Waals surface area contributed by atoms with Crippen LogP contribution in [-0.4, -0.2) is 66.5 Å². The summed E-state index contributed by atoms with van der Waals surface area (Å²) in [6, 6.07) is 12.0. The van der Waals surface area contributed by atoms with Crippen LogP contribution in [0.2, 0.25) is 0 Å². The van der Waals surface area contributed by atoms with Crippen LogP contribution in [-0.2, 0) is 0 Å². The molecule has 166 valence electrons. The van der Waals surface area contributed by atoms with Crippen molar-refractivity contribution in [3.63, 3.8) is 0 Å². The molecule has 2 N–H and O–H groups in total. The van der Waals surface area contributed by atoms with Crippen LogP contribution in [0.5, 0.6) is 0 Å². The van der Waals surface area contributed by atoms with E-state index in [2.05, 4.69) is 25.2 Å². The summed E-state index contributed by atoms with van der Waals surface area (Å²) in [4.78, 5) is 28.3. The summed E-state index contributed by atoms with van der Waals surface area (Å²) in [5, 5.41) is 18.5. The number of nitrogens with one attached hydrogen (secondary N) is 1. The van der Waals surface area contributed by atoms with Crippen molar-refractivity contribution < 1.29 is 9.90 Å². The van der Waals surface area contributed by atoms with Gasteiger partial charge in [0.1, 0.15) is 11.6 Å². The molecule has 1 aromatic carbocycles. The largest absolute Gasteiger partial charge is 0.465 e. The Morgan fingerprint density at radius 1 is 1.06 bits per heavy atom. The molecule has 4 aromatic rings. The molecule has 10 nitrogen and oxygen atoms in total. The number of fused-ring (bicyclic) bond motifs is 3. The number of hydrogen-bond acceptors (Lipinski definition) is 7. The van der Waals surface area contributed by atoms with Crippen LogP contribution in [0.1, 0.15) is 6.42 Å². The molecular formula is C23H22N8O2. The van der Waals surface area contributed by atoms with Crippen LogP contribution in [0, 0.1) is 5.92 Å². The highest BCUT2D eigenvalue weighted by atomic mass is 16.4. The average Bonchev–Trinajstić information content (AvgIpc) is 3.36. The molecule has 10 heteroatoms. The number of carboxylic acid groups (broad SMARTS) is 1. The Balaban J connectivity index is 1.34. The number of nitrogens with zero attached hydrogens (tertiary/aromatic N) is 7. The molecule has 0 radical (unpaired) electrons. The van der Waals surface area contributed by atoms with Gasteiger partial charge in [0.25, 0.3) is 0 Å². The van der Waals surface area contributed by atoms with Gasteiger partial charge >= 0.3 is 6.09 Å². The van der Waals surface area contributed by atoms with Gasteiger partial charge in [-0.1, -0.05) is 12.1 Å². The summed E-state index contributed by atoms with van der Waals surface area (Å²) in [5.41, 5.74) is 1.84. The second-order valence-electron chi connectivity index (χ2n) is 8.46. The van der Waals surface area contributed by atoms with Gasteiger partial charge in [0.15, 0.2) is 5.82 Å². The summed E-state index contributed by atoms with van der Waals surface area (Å²) < 4.78 is 1.89. The molecule has 3 aromatic heterocycles. The van der Waals surface area contributed by atoms with Gasteiger partial charge in [-0.3, -0.25) is 4.98 Å². The van der Waals surface area contributed by atoms with Crippen molar-refractivity contribution in [3.05, 3.63) is 61.2 Å². The van der Waals surface area contributed by atoms with E-state index in [4.69, 9.17) is 5.10 Å². The first-order valence-corrected chi connectivity index (χ1v) is 10.9. The minimum Gasteiger partial charge on any atom is -0.465 e. The fourth-order valence-corrected chi connectivity index (χ4v) is 4.93. The zero-order chi connectivity index (χ0) is 22.4. The van der Waals surface area contributed by atoms with Crippen molar-refractivity contribution in [1.82, 2.24) is 29.6 Å². The normalized spacial score (nSPS) is 19.8. The lowest BCUT2D eigenvalue weighted by atomic mass is 10.00. The third-order valence-electron chi connectivity index (χ3n) is 6.35. The van der Waals surface area contributed by atoms with Crippen LogP contribution in [0.25, 0.3) is 16.6 Å². The Morgan fingerprint density at radius 2 is 1.97 bits per heavy atom. The second kappa shape index (κ2) is 7.73. The lowest BCUT2D eigenvalue weighted by molar-refractivity contribution is 0.142. The molecule has 2 unspecified atom stereocenters. The van der Waals surface area contributed by atoms with Crippen molar-refractivity contribution in [3.8, 4) is 5.69 Å². The van der Waals surface area contributed by atoms with Crippen LogP contribution in [0.4, 0.5) is 22.2 Å². The number of anilines is 3. The van der Waals surface area contributed by atoms with Crippen LogP contribution in [0.3, 0.4) is 0 Å². The smallest absolute Gasteiger partial charge is 0.407 e. The Morgan fingerprint density at radius 3 is 2.82 bits per heavy atom. The van der Waals surface area contributed by atoms with E-state index in [0.29, 0.717) is 30.6 Å². The maximum Gasteiger partial charge on any atom is 0.407 e. The Bertz CT molecular complexity index is 1320. The number of carbonyl (C=O) groups is 1. The van der Waals surface area contributed by atoms with Crippen molar-refractivity contribution in [2.75, 3.05) is 29.9 Å². The summed E-state index contributed by atoms with van der Waals surface area (Å²) in [5.74, 6) is 2.48. The van der Waals surface area contributed by atoms with Gasteiger partial charge in [-0.15, -0.1) is 5.10 Å². The molecule has 0 spiro atoms. The first-order valence-electron chi connectivity index (χ1n) is 10.9. The van der Waals surface area contributed by atoms with E-state index in [9.17, 15) is 9.90 Å². The van der Waals surface area contributed by atoms with E-state index in [1.165, 1.54) is 0 Å². The van der Waals surface area contributed by atoms with E-state index < -0.39 is 6.09 Å². The van der Waals surface area contributed by atoms with Gasteiger partial charge in [0.05, 0.1) is 23.4 Å². The lowest BCUT2D eigenvalue weighted by Crippen LogP contribution is -2.44. The summed E-state index contributed by atoms with van der Waals surface area (Å²) in [7, 11) is 0. The topological polar surface area (TPSA) is 112 Å². The SMILES string of the molecule is O=C(O)N1CC2CC1CN(c1cc(-n3nc(Nc4cnccn4)c4ccccc43)ccn1)C2. The molecule has 2 bridgehead atoms. The van der Waals surface area contributed by atoms with Crippen LogP contribution in [0.15, 0.2) is 61.2 Å². The number of amides is 1. The predicted molar refractivity (Wildman–Crippen MR) is 123 cm³/mol. The van der Waals surface area contributed by atoms with Gasteiger partial charge in [-0.05, 0) is 30.5 Å². The van der Waals surface area contributed by atoms with Gasteiger partial charge in [-0.2, -0.15) is 0 Å². The van der Waals surface area contributed by atoms with Crippen LogP contribution >= 0.6 is 0 Å². The molecule has 2 atom stereocenters. The molecule has 0 aliphatic carbocycles. The monoisotopic (exact) mass is 442 g/mol. The quantitative estimate of drug-likeness (QED) is 0.496. The number of likely N-dealkylation sites (tertiary alicyclic amines) is 1. The highest BCUT2D eigenvalue weighted by Crippen LogP contribution is 2.33. The van der Waals surface area contributed by atoms with Gasteiger partial charge in [-0.25, -0.2) is 19.4 Å². The maximum atomic E-state index is 11.6. The number of benzene rings is 1. The maximum absolute atomic E-state index is 11.6. The number of pyridine rings is 1. The standard InChI is InChI=1S/C23H22N8O2/c32-23(33)30-13-15-9-17(30)14-29(12-15)21-10-16(5-6-26-21)31-19-4-2-1-3-18(19)22(28-31)27-20-11-24-7-8-25-20/h1-8,10-11,15,17H,9,12-14H2,(H,32,33)(H,25,27,28). The fraction of sp³-hybridized carbons (Fsp3) is 0.261. The summed E-state index contributed by atoms with van der Waals surface area (Å²) >= 11 is 0. The number of para-hydroxylation sites is 1. The Kier molecular flexibility index (Phi) is 4.56. The highest BCUT2D eigenvalue weighted by Gasteiger charge is 2.41. The van der Waals surface area contributed by atoms with Crippen LogP contribution < -0.4 is 10.2 Å². The summed E-state index contributed by atoms with van der Waals surface area (Å²) in [6.07, 6.45) is 6.78. The molecule has 2 aliphatic heterocycles. The molecule has 0 saturated carbocycles. The molecule has 6 rings (SSSR count). The number of aromatic nitrogens is 5. The Hall–Kier alpha value is -4.21. The minimum atomic E-state index is -0.836. The summed E-state index contributed by atoms with van der Waals surface area (Å²) in [6.45, 7) is 2.05. The second-order valence-corrected chi connectivity index (χ2v) is 8.46. The first-order chi connectivity index (χ1) is 16.2. The van der Waals surface area contributed by atoms with Crippen molar-refractivity contribution in [1.29, 1.82) is 0 Å². The van der Waals surface area contributed by atoms with E-state index in [1.54, 1.807) is 29.7 Å². The van der Waals surface area contributed by atoms with Gasteiger partial charge in [0, 0.05) is 49.7 Å². The average molecular weight is 442 g/mol. The van der Waals surface area contributed by atoms with Crippen molar-refractivity contribution in [2.45, 2.75) is 12.5 Å². The van der Waals surface area contributed by atoms with E-state index in [-0.39, 0.29) is 6.04 Å². The Labute approximate surface area is 189 Å². The number of hydrogen-bond donors (Lipinski definition) is 2. The lowest BCUT2D eigenvalue weighted by Gasteiger charge is -2.33. The zero-order valence-corrected chi connectivity index (χ0v) is 17.7. The third kappa shape index (κ3) is 3.49. The third-order valence-corrected chi connectivity index (χ3v) is 6.35. The number of piperidine rings is 1. The van der Waals surface area contributed by atoms with Crippen molar-refractivity contribution in [2.24, 2.45) is 5.92 Å².